The lowest BCUT2D eigenvalue weighted by molar-refractivity contribution is 0.105. The Balaban J connectivity index is 2.60. The predicted molar refractivity (Wildman–Crippen MR) is 107 cm³/mol. The summed E-state index contributed by atoms with van der Waals surface area (Å²) in [6.07, 6.45) is 3.74. The lowest BCUT2D eigenvalue weighted by Crippen LogP contribution is -2.44. The number of carbonyl (C=O) groups is 1. The van der Waals surface area contributed by atoms with Crippen molar-refractivity contribution in [3.8, 4) is 0 Å². The van der Waals surface area contributed by atoms with Gasteiger partial charge in [-0.3, -0.25) is 9.78 Å². The number of aldehydes is 1. The van der Waals surface area contributed by atoms with Crippen molar-refractivity contribution in [1.82, 2.24) is 4.98 Å². The molecule has 1 aliphatic carbocycles. The highest BCUT2D eigenvalue weighted by Gasteiger charge is 2.43. The number of nitrogens with zero attached hydrogens (tertiary/aromatic N) is 1. The predicted octanol–water partition coefficient (Wildman–Crippen LogP) is 5.80. The number of aromatic nitrogens is 1. The zero-order chi connectivity index (χ0) is 19.2. The maximum absolute atomic E-state index is 11.7. The van der Waals surface area contributed by atoms with Crippen LogP contribution in [0.2, 0.25) is 18.1 Å². The van der Waals surface area contributed by atoms with E-state index in [0.29, 0.717) is 0 Å². The standard InChI is InChI=1S/C21H35NO2Si/c1-10-16-15(13-23)14(2)19-17(22-16)11-21(6,7)12-18(19)24-25(8,9)20(3,4)5/h13,18H,10-12H2,1-9H3/t18-/m0/s1. The number of carbonyl (C=O) groups excluding carboxylic acids is 1. The summed E-state index contributed by atoms with van der Waals surface area (Å²) >= 11 is 0. The van der Waals surface area contributed by atoms with Crippen molar-refractivity contribution in [2.45, 2.75) is 92.0 Å². The molecule has 0 saturated heterocycles. The summed E-state index contributed by atoms with van der Waals surface area (Å²) < 4.78 is 6.84. The van der Waals surface area contributed by atoms with Crippen LogP contribution in [0.15, 0.2) is 0 Å². The summed E-state index contributed by atoms with van der Waals surface area (Å²) in [4.78, 5) is 16.6. The number of fused-ring (bicyclic) bond motifs is 1. The van der Waals surface area contributed by atoms with Gasteiger partial charge in [-0.2, -0.15) is 0 Å². The van der Waals surface area contributed by atoms with Crippen LogP contribution in [0.1, 0.15) is 86.9 Å². The second-order valence-electron chi connectivity index (χ2n) is 9.84. The monoisotopic (exact) mass is 361 g/mol. The SMILES string of the molecule is CCc1nc2c(c(C)c1C=O)[C@@H](O[Si](C)(C)C(C)(C)C)CC(C)(C)C2. The van der Waals surface area contributed by atoms with Crippen LogP contribution in [0.25, 0.3) is 0 Å². The lowest BCUT2D eigenvalue weighted by atomic mass is 9.73. The van der Waals surface area contributed by atoms with E-state index >= 15 is 0 Å². The number of pyridine rings is 1. The molecule has 1 aromatic heterocycles. The average Bonchev–Trinajstić information content (AvgIpc) is 2.43. The zero-order valence-electron chi connectivity index (χ0n) is 17.5. The van der Waals surface area contributed by atoms with Crippen LogP contribution in [0.5, 0.6) is 0 Å². The summed E-state index contributed by atoms with van der Waals surface area (Å²) in [6.45, 7) is 20.2. The van der Waals surface area contributed by atoms with Gasteiger partial charge in [-0.1, -0.05) is 41.5 Å². The van der Waals surface area contributed by atoms with Crippen molar-refractivity contribution in [3.05, 3.63) is 28.1 Å². The molecule has 1 aliphatic rings. The van der Waals surface area contributed by atoms with Gasteiger partial charge in [0, 0.05) is 16.8 Å². The van der Waals surface area contributed by atoms with E-state index in [-0.39, 0.29) is 16.6 Å². The Labute approximate surface area is 154 Å². The Hall–Kier alpha value is -1.00. The third-order valence-corrected chi connectivity index (χ3v) is 10.6. The Kier molecular flexibility index (Phi) is 5.38. The summed E-state index contributed by atoms with van der Waals surface area (Å²) in [7, 11) is -1.91. The van der Waals surface area contributed by atoms with Crippen molar-refractivity contribution < 1.29 is 9.22 Å². The topological polar surface area (TPSA) is 39.2 Å². The molecule has 0 fully saturated rings. The number of rotatable bonds is 4. The Morgan fingerprint density at radius 3 is 2.40 bits per heavy atom. The summed E-state index contributed by atoms with van der Waals surface area (Å²) in [6, 6.07) is 0. The van der Waals surface area contributed by atoms with Crippen LogP contribution in [0, 0.1) is 12.3 Å². The first kappa shape index (κ1) is 20.3. The number of hydrogen-bond acceptors (Lipinski definition) is 3. The maximum Gasteiger partial charge on any atom is 0.192 e. The van der Waals surface area contributed by atoms with E-state index in [1.54, 1.807) is 0 Å². The van der Waals surface area contributed by atoms with Gasteiger partial charge in [0.25, 0.3) is 0 Å². The van der Waals surface area contributed by atoms with Crippen molar-refractivity contribution in [2.24, 2.45) is 5.41 Å². The van der Waals surface area contributed by atoms with Gasteiger partial charge in [0.15, 0.2) is 14.6 Å². The smallest absolute Gasteiger partial charge is 0.192 e. The van der Waals surface area contributed by atoms with Crippen LogP contribution in [-0.2, 0) is 17.3 Å². The van der Waals surface area contributed by atoms with Crippen molar-refractivity contribution in [3.63, 3.8) is 0 Å². The molecule has 1 aromatic rings. The van der Waals surface area contributed by atoms with E-state index in [1.807, 2.05) is 0 Å². The minimum Gasteiger partial charge on any atom is -0.410 e. The first-order valence-corrected chi connectivity index (χ1v) is 12.4. The van der Waals surface area contributed by atoms with E-state index in [2.05, 4.69) is 61.6 Å². The zero-order valence-corrected chi connectivity index (χ0v) is 18.5. The average molecular weight is 362 g/mol. The molecule has 0 N–H and O–H groups in total. The molecule has 1 heterocycles. The molecule has 0 amide bonds. The van der Waals surface area contributed by atoms with Crippen LogP contribution >= 0.6 is 0 Å². The third-order valence-electron chi connectivity index (χ3n) is 6.10. The van der Waals surface area contributed by atoms with Gasteiger partial charge < -0.3 is 4.43 Å². The van der Waals surface area contributed by atoms with Gasteiger partial charge >= 0.3 is 0 Å². The molecule has 1 atom stereocenters. The summed E-state index contributed by atoms with van der Waals surface area (Å²) in [5, 5.41) is 0.160. The van der Waals surface area contributed by atoms with E-state index < -0.39 is 8.32 Å². The number of aryl methyl sites for hydroxylation is 1. The van der Waals surface area contributed by atoms with Gasteiger partial charge in [-0.05, 0) is 55.3 Å². The molecular formula is C21H35NO2Si. The van der Waals surface area contributed by atoms with E-state index in [9.17, 15) is 4.79 Å². The normalized spacial score (nSPS) is 20.3. The lowest BCUT2D eigenvalue weighted by Gasteiger charge is -2.44. The van der Waals surface area contributed by atoms with E-state index in [1.165, 1.54) is 5.56 Å². The third kappa shape index (κ3) is 3.90. The fraction of sp³-hybridized carbons (Fsp3) is 0.714. The van der Waals surface area contributed by atoms with Crippen LogP contribution in [-0.4, -0.2) is 19.6 Å². The van der Waals surface area contributed by atoms with Crippen molar-refractivity contribution in [2.75, 3.05) is 0 Å². The van der Waals surface area contributed by atoms with Crippen LogP contribution < -0.4 is 0 Å². The second kappa shape index (κ2) is 6.62. The molecule has 4 heteroatoms. The molecule has 0 unspecified atom stereocenters. The highest BCUT2D eigenvalue weighted by molar-refractivity contribution is 6.74. The molecular weight excluding hydrogens is 326 g/mol. The fourth-order valence-corrected chi connectivity index (χ4v) is 4.88. The van der Waals surface area contributed by atoms with Crippen molar-refractivity contribution in [1.29, 1.82) is 0 Å². The van der Waals surface area contributed by atoms with Gasteiger partial charge in [0.05, 0.1) is 11.8 Å². The first-order chi connectivity index (χ1) is 11.3. The second-order valence-corrected chi connectivity index (χ2v) is 14.6. The highest BCUT2D eigenvalue weighted by atomic mass is 28.4. The Morgan fingerprint density at radius 1 is 1.32 bits per heavy atom. The van der Waals surface area contributed by atoms with Crippen molar-refractivity contribution >= 4 is 14.6 Å². The minimum absolute atomic E-state index is 0.0387. The highest BCUT2D eigenvalue weighted by Crippen LogP contribution is 2.48. The van der Waals surface area contributed by atoms with E-state index in [0.717, 1.165) is 48.1 Å². The quantitative estimate of drug-likeness (QED) is 0.502. The largest absolute Gasteiger partial charge is 0.410 e. The molecule has 2 rings (SSSR count). The molecule has 140 valence electrons. The van der Waals surface area contributed by atoms with Gasteiger partial charge in [-0.25, -0.2) is 0 Å². The summed E-state index contributed by atoms with van der Waals surface area (Å²) in [5.41, 5.74) is 5.26. The molecule has 0 spiro atoms. The van der Waals surface area contributed by atoms with E-state index in [4.69, 9.17) is 9.41 Å². The molecule has 0 radical (unpaired) electrons. The molecule has 0 aromatic carbocycles. The molecule has 3 nitrogen and oxygen atoms in total. The van der Waals surface area contributed by atoms with Gasteiger partial charge in [0.2, 0.25) is 0 Å². The molecule has 0 bridgehead atoms. The molecule has 0 aliphatic heterocycles. The molecule has 25 heavy (non-hydrogen) atoms. The Bertz CT molecular complexity index is 671. The maximum atomic E-state index is 11.7. The first-order valence-electron chi connectivity index (χ1n) is 9.48. The van der Waals surface area contributed by atoms with Crippen LogP contribution in [0.4, 0.5) is 0 Å². The van der Waals surface area contributed by atoms with Gasteiger partial charge in [0.1, 0.15) is 0 Å². The summed E-state index contributed by atoms with van der Waals surface area (Å²) in [5.74, 6) is 0. The van der Waals surface area contributed by atoms with Gasteiger partial charge in [-0.15, -0.1) is 0 Å². The number of hydrogen-bond donors (Lipinski definition) is 0. The minimum atomic E-state index is -1.91. The Morgan fingerprint density at radius 2 is 1.92 bits per heavy atom. The fourth-order valence-electron chi connectivity index (χ4n) is 3.61. The molecule has 0 saturated carbocycles. The van der Waals surface area contributed by atoms with Crippen LogP contribution in [0.3, 0.4) is 0 Å².